The predicted octanol–water partition coefficient (Wildman–Crippen LogP) is 1.54. The van der Waals surface area contributed by atoms with Crippen LogP contribution in [0.5, 0.6) is 0 Å². The summed E-state index contributed by atoms with van der Waals surface area (Å²) in [6.45, 7) is 4.31. The molecule has 0 aliphatic heterocycles. The molecule has 0 atom stereocenters. The molecule has 86 valence electrons. The van der Waals surface area contributed by atoms with Crippen LogP contribution in [0.3, 0.4) is 0 Å². The molecule has 4 heteroatoms. The van der Waals surface area contributed by atoms with Crippen molar-refractivity contribution < 1.29 is 4.79 Å². The monoisotopic (exact) mass is 236 g/mol. The fourth-order valence-electron chi connectivity index (χ4n) is 1.09. The molecular weight excluding hydrogens is 220 g/mol. The molecule has 0 bridgehead atoms. The summed E-state index contributed by atoms with van der Waals surface area (Å²) in [4.78, 5) is 14.5. The molecule has 0 aliphatic carbocycles. The molecule has 16 heavy (non-hydrogen) atoms. The first-order valence-corrected chi connectivity index (χ1v) is 5.99. The van der Waals surface area contributed by atoms with E-state index in [-0.39, 0.29) is 11.9 Å². The quantitative estimate of drug-likeness (QED) is 0.792. The average molecular weight is 236 g/mol. The van der Waals surface area contributed by atoms with Gasteiger partial charge in [-0.1, -0.05) is 11.8 Å². The van der Waals surface area contributed by atoms with Crippen molar-refractivity contribution in [2.45, 2.75) is 19.9 Å². The minimum Gasteiger partial charge on any atom is -0.339 e. The van der Waals surface area contributed by atoms with E-state index in [1.54, 1.807) is 11.9 Å². The molecule has 0 spiro atoms. The Balaban J connectivity index is 2.82. The van der Waals surface area contributed by atoms with Crippen LogP contribution >= 0.6 is 11.3 Å². The van der Waals surface area contributed by atoms with E-state index >= 15 is 0 Å². The molecular formula is C12H16N2OS. The number of hydrogen-bond acceptors (Lipinski definition) is 3. The van der Waals surface area contributed by atoms with Crippen molar-refractivity contribution in [1.82, 2.24) is 4.90 Å². The maximum absolute atomic E-state index is 11.9. The van der Waals surface area contributed by atoms with Gasteiger partial charge in [0.2, 0.25) is 0 Å². The van der Waals surface area contributed by atoms with Gasteiger partial charge < -0.3 is 10.6 Å². The van der Waals surface area contributed by atoms with Gasteiger partial charge in [-0.15, -0.1) is 11.3 Å². The average Bonchev–Trinajstić information content (AvgIpc) is 2.72. The van der Waals surface area contributed by atoms with Crippen molar-refractivity contribution in [3.63, 3.8) is 0 Å². The number of thiophene rings is 1. The standard InChI is InChI=1S/C12H16N2OS/c1-9(2)14(3)12(15)10-7-11(16-8-10)5-4-6-13/h7-9H,6,13H2,1-3H3. The lowest BCUT2D eigenvalue weighted by Crippen LogP contribution is -2.32. The zero-order chi connectivity index (χ0) is 12.1. The summed E-state index contributed by atoms with van der Waals surface area (Å²) in [5.74, 6) is 5.73. The van der Waals surface area contributed by atoms with Crippen LogP contribution in [0.15, 0.2) is 11.4 Å². The van der Waals surface area contributed by atoms with E-state index in [0.29, 0.717) is 12.1 Å². The zero-order valence-electron chi connectivity index (χ0n) is 9.78. The van der Waals surface area contributed by atoms with Gasteiger partial charge in [-0.3, -0.25) is 4.79 Å². The van der Waals surface area contributed by atoms with Crippen molar-refractivity contribution in [1.29, 1.82) is 0 Å². The van der Waals surface area contributed by atoms with Gasteiger partial charge in [-0.2, -0.15) is 0 Å². The summed E-state index contributed by atoms with van der Waals surface area (Å²) < 4.78 is 0. The van der Waals surface area contributed by atoms with Crippen molar-refractivity contribution in [3.05, 3.63) is 21.9 Å². The Labute approximate surface area is 100 Å². The van der Waals surface area contributed by atoms with Crippen LogP contribution < -0.4 is 5.73 Å². The molecule has 3 nitrogen and oxygen atoms in total. The molecule has 0 saturated heterocycles. The summed E-state index contributed by atoms with van der Waals surface area (Å²) in [6, 6.07) is 2.01. The van der Waals surface area contributed by atoms with E-state index in [4.69, 9.17) is 5.73 Å². The first kappa shape index (κ1) is 12.8. The smallest absolute Gasteiger partial charge is 0.254 e. The Kier molecular flexibility index (Phi) is 4.53. The molecule has 0 unspecified atom stereocenters. The molecule has 0 fully saturated rings. The number of nitrogens with zero attached hydrogens (tertiary/aromatic N) is 1. The highest BCUT2D eigenvalue weighted by atomic mass is 32.1. The molecule has 1 aromatic rings. The molecule has 1 aromatic heterocycles. The second-order valence-electron chi connectivity index (χ2n) is 3.72. The van der Waals surface area contributed by atoms with Gasteiger partial charge in [0, 0.05) is 18.5 Å². The van der Waals surface area contributed by atoms with Crippen LogP contribution in [-0.4, -0.2) is 30.4 Å². The third-order valence-corrected chi connectivity index (χ3v) is 3.10. The van der Waals surface area contributed by atoms with Gasteiger partial charge >= 0.3 is 0 Å². The number of carbonyl (C=O) groups excluding carboxylic acids is 1. The number of rotatable bonds is 2. The summed E-state index contributed by atoms with van der Waals surface area (Å²) in [5, 5.41) is 1.84. The van der Waals surface area contributed by atoms with Gasteiger partial charge in [-0.25, -0.2) is 0 Å². The van der Waals surface area contributed by atoms with Crippen LogP contribution in [0, 0.1) is 11.8 Å². The van der Waals surface area contributed by atoms with Crippen LogP contribution in [0.2, 0.25) is 0 Å². The van der Waals surface area contributed by atoms with E-state index in [1.165, 1.54) is 11.3 Å². The first-order chi connectivity index (χ1) is 7.56. The van der Waals surface area contributed by atoms with Crippen LogP contribution in [-0.2, 0) is 0 Å². The molecule has 1 rings (SSSR count). The molecule has 0 saturated carbocycles. The SMILES string of the molecule is CC(C)N(C)C(=O)c1csc(C#CCN)c1. The third-order valence-electron chi connectivity index (χ3n) is 2.25. The third kappa shape index (κ3) is 3.09. The summed E-state index contributed by atoms with van der Waals surface area (Å²) in [5.41, 5.74) is 5.98. The molecule has 0 radical (unpaired) electrons. The molecule has 1 heterocycles. The van der Waals surface area contributed by atoms with Crippen LogP contribution in [0.4, 0.5) is 0 Å². The van der Waals surface area contributed by atoms with Crippen LogP contribution in [0.25, 0.3) is 0 Å². The van der Waals surface area contributed by atoms with Crippen molar-refractivity contribution in [2.75, 3.05) is 13.6 Å². The highest BCUT2D eigenvalue weighted by Crippen LogP contribution is 2.15. The lowest BCUT2D eigenvalue weighted by Gasteiger charge is -2.20. The maximum Gasteiger partial charge on any atom is 0.254 e. The maximum atomic E-state index is 11.9. The van der Waals surface area contributed by atoms with Gasteiger partial charge in [0.15, 0.2) is 0 Å². The van der Waals surface area contributed by atoms with Crippen molar-refractivity contribution >= 4 is 17.2 Å². The number of amides is 1. The first-order valence-electron chi connectivity index (χ1n) is 5.11. The Hall–Kier alpha value is -1.31. The minimum absolute atomic E-state index is 0.0343. The number of hydrogen-bond donors (Lipinski definition) is 1. The minimum atomic E-state index is 0.0343. The van der Waals surface area contributed by atoms with E-state index in [1.807, 2.05) is 25.3 Å². The summed E-state index contributed by atoms with van der Waals surface area (Å²) in [6.07, 6.45) is 0. The van der Waals surface area contributed by atoms with Crippen molar-refractivity contribution in [3.8, 4) is 11.8 Å². The fraction of sp³-hybridized carbons (Fsp3) is 0.417. The van der Waals surface area contributed by atoms with Gasteiger partial charge in [0.05, 0.1) is 17.0 Å². The Morgan fingerprint density at radius 3 is 2.88 bits per heavy atom. The van der Waals surface area contributed by atoms with E-state index in [9.17, 15) is 4.79 Å². The van der Waals surface area contributed by atoms with E-state index in [0.717, 1.165) is 4.88 Å². The van der Waals surface area contributed by atoms with E-state index in [2.05, 4.69) is 11.8 Å². The van der Waals surface area contributed by atoms with Crippen LogP contribution in [0.1, 0.15) is 29.1 Å². The highest BCUT2D eigenvalue weighted by molar-refractivity contribution is 7.10. The predicted molar refractivity (Wildman–Crippen MR) is 67.5 cm³/mol. The number of carbonyl (C=O) groups is 1. The number of nitrogens with two attached hydrogens (primary N) is 1. The van der Waals surface area contributed by atoms with Gasteiger partial charge in [-0.05, 0) is 19.9 Å². The largest absolute Gasteiger partial charge is 0.339 e. The molecule has 0 aliphatic rings. The normalized spacial score (nSPS) is 9.81. The Bertz CT molecular complexity index is 426. The Morgan fingerprint density at radius 2 is 2.31 bits per heavy atom. The second-order valence-corrected chi connectivity index (χ2v) is 4.63. The topological polar surface area (TPSA) is 46.3 Å². The van der Waals surface area contributed by atoms with Gasteiger partial charge in [0.1, 0.15) is 0 Å². The second kappa shape index (κ2) is 5.69. The molecule has 0 aromatic carbocycles. The lowest BCUT2D eigenvalue weighted by molar-refractivity contribution is 0.0755. The summed E-state index contributed by atoms with van der Waals surface area (Å²) >= 11 is 1.47. The fourth-order valence-corrected chi connectivity index (χ4v) is 1.84. The lowest BCUT2D eigenvalue weighted by atomic mass is 10.2. The van der Waals surface area contributed by atoms with E-state index < -0.39 is 0 Å². The molecule has 1 amide bonds. The Morgan fingerprint density at radius 1 is 1.62 bits per heavy atom. The zero-order valence-corrected chi connectivity index (χ0v) is 10.6. The molecule has 2 N–H and O–H groups in total. The van der Waals surface area contributed by atoms with Crippen molar-refractivity contribution in [2.24, 2.45) is 5.73 Å². The van der Waals surface area contributed by atoms with Gasteiger partial charge in [0.25, 0.3) is 5.91 Å². The highest BCUT2D eigenvalue weighted by Gasteiger charge is 2.15. The summed E-state index contributed by atoms with van der Waals surface area (Å²) in [7, 11) is 1.80.